The van der Waals surface area contributed by atoms with E-state index >= 15 is 0 Å². The van der Waals surface area contributed by atoms with Gasteiger partial charge in [0, 0.05) is 51.3 Å². The molecular weight excluding hydrogens is 491 g/mol. The second-order valence-electron chi connectivity index (χ2n) is 10.1. The predicted molar refractivity (Wildman–Crippen MR) is 150 cm³/mol. The highest BCUT2D eigenvalue weighted by atomic mass is 19.1. The van der Waals surface area contributed by atoms with Crippen LogP contribution in [0.2, 0.25) is 0 Å². The van der Waals surface area contributed by atoms with Gasteiger partial charge in [0.05, 0.1) is 17.6 Å². The summed E-state index contributed by atoms with van der Waals surface area (Å²) >= 11 is 0. The van der Waals surface area contributed by atoms with Crippen molar-refractivity contribution in [1.29, 1.82) is 0 Å². The predicted octanol–water partition coefficient (Wildman–Crippen LogP) is 7.10. The number of H-pyrrole nitrogens is 2. The maximum atomic E-state index is 14.6. The number of fused-ring (bicyclic) bond motifs is 2. The molecule has 1 aliphatic rings. The number of nitrogens with one attached hydrogen (secondary N) is 3. The van der Waals surface area contributed by atoms with Crippen LogP contribution in [0, 0.1) is 11.7 Å². The molecule has 2 aromatic carbocycles. The molecule has 4 heterocycles. The molecule has 39 heavy (non-hydrogen) atoms. The highest BCUT2D eigenvalue weighted by Crippen LogP contribution is 2.36. The molecule has 1 aliphatic carbocycles. The Balaban J connectivity index is 1.25. The van der Waals surface area contributed by atoms with Gasteiger partial charge >= 0.3 is 0 Å². The maximum Gasteiger partial charge on any atom is 0.227 e. The number of anilines is 1. The van der Waals surface area contributed by atoms with Gasteiger partial charge in [-0.2, -0.15) is 5.10 Å². The Labute approximate surface area is 223 Å². The van der Waals surface area contributed by atoms with Gasteiger partial charge in [-0.1, -0.05) is 43.2 Å². The Morgan fingerprint density at radius 3 is 2.59 bits per heavy atom. The molecule has 0 radical (unpaired) electrons. The molecule has 7 rings (SSSR count). The van der Waals surface area contributed by atoms with Crippen LogP contribution < -0.4 is 5.32 Å². The molecule has 1 fully saturated rings. The second kappa shape index (κ2) is 9.47. The highest BCUT2D eigenvalue weighted by Gasteiger charge is 2.23. The molecule has 4 aromatic heterocycles. The number of benzene rings is 2. The summed E-state index contributed by atoms with van der Waals surface area (Å²) in [5.74, 6) is -0.122. The minimum absolute atomic E-state index is 0.0608. The van der Waals surface area contributed by atoms with E-state index in [1.165, 1.54) is 6.07 Å². The SMILES string of the molecule is O=C(Nc1cncc(-c2cnc3[nH]nc(-c4cc5c(-c6ccccc6F)cccc5[nH]4)c3c2)c1)C1CCCC1. The number of aromatic nitrogens is 5. The number of amides is 1. The fourth-order valence-corrected chi connectivity index (χ4v) is 5.56. The fourth-order valence-electron chi connectivity index (χ4n) is 5.56. The lowest BCUT2D eigenvalue weighted by Crippen LogP contribution is -2.20. The Morgan fingerprint density at radius 1 is 0.897 bits per heavy atom. The van der Waals surface area contributed by atoms with Gasteiger partial charge in [0.1, 0.15) is 11.5 Å². The Morgan fingerprint density at radius 2 is 1.72 bits per heavy atom. The molecule has 7 nitrogen and oxygen atoms in total. The normalized spacial score (nSPS) is 13.9. The van der Waals surface area contributed by atoms with Crippen molar-refractivity contribution in [2.24, 2.45) is 5.92 Å². The van der Waals surface area contributed by atoms with Crippen LogP contribution in [0.5, 0.6) is 0 Å². The van der Waals surface area contributed by atoms with Crippen molar-refractivity contribution in [2.45, 2.75) is 25.7 Å². The standard InChI is InChI=1S/C31H25FN6O/c32-26-10-4-3-8-23(26)22-9-5-11-27-24(22)14-28(36-27)29-25-13-20(16-34-30(25)38-37-29)19-12-21(17-33-15-19)35-31(39)18-6-1-2-7-18/h3-5,8-18,36H,1-2,6-7H2,(H,35,39)(H,34,37,38). The Hall–Kier alpha value is -4.85. The molecule has 0 unspecified atom stereocenters. The third-order valence-corrected chi connectivity index (χ3v) is 7.56. The van der Waals surface area contributed by atoms with E-state index in [1.54, 1.807) is 30.7 Å². The van der Waals surface area contributed by atoms with Crippen LogP contribution in [0.4, 0.5) is 10.1 Å². The molecular formula is C31H25FN6O. The lowest BCUT2D eigenvalue weighted by Gasteiger charge is -2.11. The zero-order valence-electron chi connectivity index (χ0n) is 21.0. The summed E-state index contributed by atoms with van der Waals surface area (Å²) in [6, 6.07) is 18.5. The molecule has 0 aliphatic heterocycles. The first kappa shape index (κ1) is 23.3. The molecule has 3 N–H and O–H groups in total. The summed E-state index contributed by atoms with van der Waals surface area (Å²) < 4.78 is 14.6. The summed E-state index contributed by atoms with van der Waals surface area (Å²) in [7, 11) is 0. The van der Waals surface area contributed by atoms with E-state index < -0.39 is 0 Å². The monoisotopic (exact) mass is 516 g/mol. The van der Waals surface area contributed by atoms with Crippen molar-refractivity contribution >= 4 is 33.5 Å². The third kappa shape index (κ3) is 4.24. The van der Waals surface area contributed by atoms with Crippen LogP contribution in [0.3, 0.4) is 0 Å². The number of nitrogens with zero attached hydrogens (tertiary/aromatic N) is 3. The summed E-state index contributed by atoms with van der Waals surface area (Å²) in [6.45, 7) is 0. The van der Waals surface area contributed by atoms with Crippen molar-refractivity contribution in [2.75, 3.05) is 5.32 Å². The largest absolute Gasteiger partial charge is 0.353 e. The zero-order chi connectivity index (χ0) is 26.3. The second-order valence-corrected chi connectivity index (χ2v) is 10.1. The van der Waals surface area contributed by atoms with E-state index in [0.29, 0.717) is 22.6 Å². The first-order valence-electron chi connectivity index (χ1n) is 13.1. The molecule has 6 aromatic rings. The fraction of sp³-hybridized carbons (Fsp3) is 0.161. The quantitative estimate of drug-likeness (QED) is 0.227. The van der Waals surface area contributed by atoms with Gasteiger partial charge in [0.15, 0.2) is 5.65 Å². The van der Waals surface area contributed by atoms with Crippen molar-refractivity contribution in [3.63, 3.8) is 0 Å². The Kier molecular flexibility index (Phi) is 5.65. The van der Waals surface area contributed by atoms with Gasteiger partial charge in [-0.3, -0.25) is 14.9 Å². The van der Waals surface area contributed by atoms with Crippen molar-refractivity contribution in [3.8, 4) is 33.6 Å². The molecule has 0 spiro atoms. The van der Waals surface area contributed by atoms with Gasteiger partial charge in [0.25, 0.3) is 0 Å². The summed E-state index contributed by atoms with van der Waals surface area (Å²) in [6.07, 6.45) is 9.30. The number of carbonyl (C=O) groups is 1. The van der Waals surface area contributed by atoms with Crippen molar-refractivity contribution < 1.29 is 9.18 Å². The summed E-state index contributed by atoms with van der Waals surface area (Å²) in [5, 5.41) is 12.3. The Bertz CT molecular complexity index is 1850. The minimum atomic E-state index is -0.262. The molecule has 0 bridgehead atoms. The molecule has 0 atom stereocenters. The molecule has 192 valence electrons. The van der Waals surface area contributed by atoms with E-state index in [4.69, 9.17) is 0 Å². The van der Waals surface area contributed by atoms with E-state index in [-0.39, 0.29) is 17.6 Å². The third-order valence-electron chi connectivity index (χ3n) is 7.56. The molecule has 1 amide bonds. The number of hydrogen-bond acceptors (Lipinski definition) is 4. The number of pyridine rings is 2. The first-order chi connectivity index (χ1) is 19.1. The van der Waals surface area contributed by atoms with E-state index in [1.807, 2.05) is 42.5 Å². The van der Waals surface area contributed by atoms with E-state index in [2.05, 4.69) is 30.5 Å². The van der Waals surface area contributed by atoms with Crippen LogP contribution in [-0.4, -0.2) is 31.1 Å². The van der Waals surface area contributed by atoms with Crippen molar-refractivity contribution in [3.05, 3.63) is 85.1 Å². The topological polar surface area (TPSA) is 99.3 Å². The van der Waals surface area contributed by atoms with Crippen LogP contribution in [0.15, 0.2) is 79.3 Å². The molecule has 1 saturated carbocycles. The first-order valence-corrected chi connectivity index (χ1v) is 13.1. The van der Waals surface area contributed by atoms with Gasteiger partial charge in [-0.15, -0.1) is 0 Å². The number of carbonyl (C=O) groups excluding carboxylic acids is 1. The number of halogens is 1. The smallest absolute Gasteiger partial charge is 0.227 e. The summed E-state index contributed by atoms with van der Waals surface area (Å²) in [5.41, 5.74) is 6.81. The average molecular weight is 517 g/mol. The maximum absolute atomic E-state index is 14.6. The number of aromatic amines is 2. The zero-order valence-corrected chi connectivity index (χ0v) is 21.0. The van der Waals surface area contributed by atoms with Gasteiger partial charge < -0.3 is 10.3 Å². The van der Waals surface area contributed by atoms with Gasteiger partial charge in [-0.25, -0.2) is 9.37 Å². The number of hydrogen-bond donors (Lipinski definition) is 3. The lowest BCUT2D eigenvalue weighted by atomic mass is 10.0. The van der Waals surface area contributed by atoms with Gasteiger partial charge in [-0.05, 0) is 48.7 Å². The highest BCUT2D eigenvalue weighted by molar-refractivity contribution is 6.01. The van der Waals surface area contributed by atoms with E-state index in [9.17, 15) is 9.18 Å². The van der Waals surface area contributed by atoms with Crippen LogP contribution in [-0.2, 0) is 4.79 Å². The minimum Gasteiger partial charge on any atom is -0.353 e. The molecule has 0 saturated heterocycles. The van der Waals surface area contributed by atoms with E-state index in [0.717, 1.165) is 64.4 Å². The lowest BCUT2D eigenvalue weighted by molar-refractivity contribution is -0.119. The molecule has 8 heteroatoms. The number of rotatable bonds is 5. The van der Waals surface area contributed by atoms with Crippen molar-refractivity contribution in [1.82, 2.24) is 25.1 Å². The average Bonchev–Trinajstić information content (AvgIpc) is 3.73. The van der Waals surface area contributed by atoms with Crippen LogP contribution >= 0.6 is 0 Å². The van der Waals surface area contributed by atoms with Crippen LogP contribution in [0.25, 0.3) is 55.6 Å². The summed E-state index contributed by atoms with van der Waals surface area (Å²) in [4.78, 5) is 25.0. The van der Waals surface area contributed by atoms with Gasteiger partial charge in [0.2, 0.25) is 5.91 Å². The van der Waals surface area contributed by atoms with Crippen LogP contribution in [0.1, 0.15) is 25.7 Å².